The lowest BCUT2D eigenvalue weighted by Gasteiger charge is -2.11. The summed E-state index contributed by atoms with van der Waals surface area (Å²) in [6.45, 7) is 2.55. The number of fused-ring (bicyclic) bond motifs is 1. The van der Waals surface area contributed by atoms with Gasteiger partial charge < -0.3 is 16.4 Å². The number of nitrogens with one attached hydrogen (secondary N) is 2. The van der Waals surface area contributed by atoms with Gasteiger partial charge in [0.15, 0.2) is 0 Å². The second-order valence-corrected chi connectivity index (χ2v) is 8.37. The van der Waals surface area contributed by atoms with Crippen molar-refractivity contribution < 1.29 is 9.59 Å². The van der Waals surface area contributed by atoms with Gasteiger partial charge in [-0.25, -0.2) is 4.98 Å². The molecular formula is C27H23N7O2. The summed E-state index contributed by atoms with van der Waals surface area (Å²) in [5.41, 5.74) is 11.2. The molecule has 3 heterocycles. The zero-order valence-corrected chi connectivity index (χ0v) is 19.5. The average Bonchev–Trinajstić information content (AvgIpc) is 3.31. The zero-order valence-electron chi connectivity index (χ0n) is 19.5. The predicted octanol–water partition coefficient (Wildman–Crippen LogP) is 4.01. The first-order valence-corrected chi connectivity index (χ1v) is 11.3. The predicted molar refractivity (Wildman–Crippen MR) is 139 cm³/mol. The highest BCUT2D eigenvalue weighted by atomic mass is 16.2. The van der Waals surface area contributed by atoms with Crippen LogP contribution >= 0.6 is 0 Å². The number of hydrogen-bond donors (Lipinski definition) is 3. The maximum Gasteiger partial charge on any atom is 0.315 e. The normalized spacial score (nSPS) is 10.8. The standard InChI is InChI=1S/C27H23N7O2/c1-17-7-8-29-13-22(17)19-9-20-11-25(30-14-23(20)24(28)10-19)33-27(36)26(35)32-21-12-31-34(16-21)15-18-5-3-2-4-6-18/h2-14,16H,15,28H2,1H3,(H,32,35)(H,30,33,36). The summed E-state index contributed by atoms with van der Waals surface area (Å²) >= 11 is 0. The molecule has 4 N–H and O–H groups in total. The Balaban J connectivity index is 1.29. The van der Waals surface area contributed by atoms with Gasteiger partial charge in [0.05, 0.1) is 18.4 Å². The number of anilines is 3. The van der Waals surface area contributed by atoms with Crippen molar-refractivity contribution >= 4 is 39.8 Å². The van der Waals surface area contributed by atoms with Gasteiger partial charge in [-0.2, -0.15) is 5.10 Å². The summed E-state index contributed by atoms with van der Waals surface area (Å²) < 4.78 is 1.68. The maximum absolute atomic E-state index is 12.5. The molecule has 0 saturated heterocycles. The molecule has 36 heavy (non-hydrogen) atoms. The van der Waals surface area contributed by atoms with Crippen molar-refractivity contribution in [1.29, 1.82) is 0 Å². The first-order valence-electron chi connectivity index (χ1n) is 11.3. The molecule has 178 valence electrons. The lowest BCUT2D eigenvalue weighted by atomic mass is 9.99. The zero-order chi connectivity index (χ0) is 25.1. The quantitative estimate of drug-likeness (QED) is 0.259. The minimum absolute atomic E-state index is 0.238. The maximum atomic E-state index is 12.5. The van der Waals surface area contributed by atoms with Crippen LogP contribution in [-0.4, -0.2) is 31.6 Å². The minimum atomic E-state index is -0.843. The van der Waals surface area contributed by atoms with Gasteiger partial charge in [-0.05, 0) is 53.3 Å². The first kappa shape index (κ1) is 22.7. The van der Waals surface area contributed by atoms with Crippen LogP contribution in [0.15, 0.2) is 85.6 Å². The second kappa shape index (κ2) is 9.67. The van der Waals surface area contributed by atoms with Crippen LogP contribution in [0.2, 0.25) is 0 Å². The molecule has 0 saturated carbocycles. The Labute approximate surface area is 207 Å². The van der Waals surface area contributed by atoms with Crippen molar-refractivity contribution in [2.24, 2.45) is 0 Å². The highest BCUT2D eigenvalue weighted by Gasteiger charge is 2.16. The summed E-state index contributed by atoms with van der Waals surface area (Å²) in [6, 6.07) is 17.2. The summed E-state index contributed by atoms with van der Waals surface area (Å²) in [5.74, 6) is -1.43. The van der Waals surface area contributed by atoms with Crippen LogP contribution in [-0.2, 0) is 16.1 Å². The molecular weight excluding hydrogens is 454 g/mol. The third kappa shape index (κ3) is 4.90. The molecule has 0 fully saturated rings. The Kier molecular flexibility index (Phi) is 6.10. The SMILES string of the molecule is Cc1ccncc1-c1cc(N)c2cnc(NC(=O)C(=O)Nc3cnn(Cc4ccccc4)c3)cc2c1. The fourth-order valence-corrected chi connectivity index (χ4v) is 3.92. The molecule has 0 radical (unpaired) electrons. The summed E-state index contributed by atoms with van der Waals surface area (Å²) in [6.07, 6.45) is 8.25. The van der Waals surface area contributed by atoms with Crippen LogP contribution in [0.25, 0.3) is 21.9 Å². The van der Waals surface area contributed by atoms with Crippen LogP contribution in [0.5, 0.6) is 0 Å². The number of nitrogens with two attached hydrogens (primary N) is 1. The number of pyridine rings is 2. The minimum Gasteiger partial charge on any atom is -0.398 e. The van der Waals surface area contributed by atoms with Crippen LogP contribution in [0.4, 0.5) is 17.2 Å². The van der Waals surface area contributed by atoms with Gasteiger partial charge in [0.2, 0.25) is 0 Å². The van der Waals surface area contributed by atoms with Gasteiger partial charge in [-0.15, -0.1) is 0 Å². The molecule has 2 aromatic carbocycles. The van der Waals surface area contributed by atoms with Crippen molar-refractivity contribution in [1.82, 2.24) is 19.7 Å². The summed E-state index contributed by atoms with van der Waals surface area (Å²) in [5, 5.41) is 10.9. The Morgan fingerprint density at radius 3 is 2.58 bits per heavy atom. The van der Waals surface area contributed by atoms with Crippen molar-refractivity contribution in [2.75, 3.05) is 16.4 Å². The smallest absolute Gasteiger partial charge is 0.315 e. The Morgan fingerprint density at radius 2 is 1.78 bits per heavy atom. The van der Waals surface area contributed by atoms with Crippen LogP contribution in [0, 0.1) is 6.92 Å². The number of nitrogen functional groups attached to an aromatic ring is 1. The van der Waals surface area contributed by atoms with Crippen LogP contribution < -0.4 is 16.4 Å². The first-order chi connectivity index (χ1) is 17.5. The van der Waals surface area contributed by atoms with E-state index in [9.17, 15) is 9.59 Å². The van der Waals surface area contributed by atoms with Crippen molar-refractivity contribution in [3.05, 3.63) is 96.7 Å². The largest absolute Gasteiger partial charge is 0.398 e. The third-order valence-corrected chi connectivity index (χ3v) is 5.75. The highest BCUT2D eigenvalue weighted by molar-refractivity contribution is 6.43. The highest BCUT2D eigenvalue weighted by Crippen LogP contribution is 2.31. The average molecular weight is 478 g/mol. The van der Waals surface area contributed by atoms with Gasteiger partial charge in [0.25, 0.3) is 0 Å². The molecule has 9 heteroatoms. The molecule has 0 unspecified atom stereocenters. The van der Waals surface area contributed by atoms with E-state index in [0.29, 0.717) is 17.9 Å². The fourth-order valence-electron chi connectivity index (χ4n) is 3.92. The van der Waals surface area contributed by atoms with Crippen molar-refractivity contribution in [3.8, 4) is 11.1 Å². The van der Waals surface area contributed by atoms with Crippen LogP contribution in [0.1, 0.15) is 11.1 Å². The molecule has 3 aromatic heterocycles. The number of nitrogens with zero attached hydrogens (tertiary/aromatic N) is 4. The number of benzene rings is 2. The monoisotopic (exact) mass is 477 g/mol. The number of rotatable bonds is 5. The van der Waals surface area contributed by atoms with Gasteiger partial charge >= 0.3 is 11.8 Å². The molecule has 9 nitrogen and oxygen atoms in total. The molecule has 0 aliphatic rings. The number of carbonyl (C=O) groups excluding carboxylic acids is 2. The molecule has 2 amide bonds. The number of amides is 2. The molecule has 0 spiro atoms. The molecule has 0 aliphatic carbocycles. The number of aryl methyl sites for hydroxylation is 1. The third-order valence-electron chi connectivity index (χ3n) is 5.75. The second-order valence-electron chi connectivity index (χ2n) is 8.37. The number of hydrogen-bond acceptors (Lipinski definition) is 6. The molecule has 5 aromatic rings. The van der Waals surface area contributed by atoms with E-state index >= 15 is 0 Å². The summed E-state index contributed by atoms with van der Waals surface area (Å²) in [7, 11) is 0. The van der Waals surface area contributed by atoms with Crippen molar-refractivity contribution in [3.63, 3.8) is 0 Å². The van der Waals surface area contributed by atoms with E-state index in [-0.39, 0.29) is 5.82 Å². The van der Waals surface area contributed by atoms with E-state index < -0.39 is 11.8 Å². The Hall–Kier alpha value is -5.05. The van der Waals surface area contributed by atoms with E-state index in [2.05, 4.69) is 25.7 Å². The number of aromatic nitrogens is 4. The molecule has 0 atom stereocenters. The molecule has 5 rings (SSSR count). The van der Waals surface area contributed by atoms with Gasteiger partial charge in [0, 0.05) is 41.4 Å². The van der Waals surface area contributed by atoms with E-state index in [1.807, 2.05) is 55.5 Å². The van der Waals surface area contributed by atoms with E-state index in [1.165, 1.54) is 6.20 Å². The topological polar surface area (TPSA) is 128 Å². The van der Waals surface area contributed by atoms with Crippen molar-refractivity contribution in [2.45, 2.75) is 13.5 Å². The van der Waals surface area contributed by atoms with E-state index in [4.69, 9.17) is 5.73 Å². The Morgan fingerprint density at radius 1 is 0.972 bits per heavy atom. The van der Waals surface area contributed by atoms with Crippen LogP contribution in [0.3, 0.4) is 0 Å². The lowest BCUT2D eigenvalue weighted by Crippen LogP contribution is -2.29. The van der Waals surface area contributed by atoms with Gasteiger partial charge in [-0.3, -0.25) is 19.3 Å². The van der Waals surface area contributed by atoms with E-state index in [0.717, 1.165) is 33.0 Å². The lowest BCUT2D eigenvalue weighted by molar-refractivity contribution is -0.133. The molecule has 0 bridgehead atoms. The molecule has 0 aliphatic heterocycles. The van der Waals surface area contributed by atoms with Gasteiger partial charge in [-0.1, -0.05) is 30.3 Å². The fraction of sp³-hybridized carbons (Fsp3) is 0.0741. The Bertz CT molecular complexity index is 1580. The van der Waals surface area contributed by atoms with E-state index in [1.54, 1.807) is 35.5 Å². The van der Waals surface area contributed by atoms with Gasteiger partial charge in [0.1, 0.15) is 5.82 Å². The number of carbonyl (C=O) groups is 2. The summed E-state index contributed by atoms with van der Waals surface area (Å²) in [4.78, 5) is 33.4.